The minimum atomic E-state index is -3.71. The predicted octanol–water partition coefficient (Wildman–Crippen LogP) is 2.37. The van der Waals surface area contributed by atoms with Gasteiger partial charge in [0.2, 0.25) is 10.0 Å². The number of rotatable bonds is 4. The summed E-state index contributed by atoms with van der Waals surface area (Å²) in [5, 5.41) is 10.8. The second kappa shape index (κ2) is 5.06. The number of nitro benzene ring substituents is 1. The molecule has 0 saturated heterocycles. The molecule has 114 valence electrons. The number of nitro groups is 1. The number of nitrogens with zero attached hydrogens (tertiary/aromatic N) is 1. The van der Waals surface area contributed by atoms with Gasteiger partial charge in [0.1, 0.15) is 0 Å². The summed E-state index contributed by atoms with van der Waals surface area (Å²) < 4.78 is 27.8. The van der Waals surface area contributed by atoms with Gasteiger partial charge in [0.25, 0.3) is 5.69 Å². The maximum Gasteiger partial charge on any atom is 0.270 e. The van der Waals surface area contributed by atoms with E-state index in [1.165, 1.54) is 18.6 Å². The molecule has 2 aliphatic rings. The average Bonchev–Trinajstić information content (AvgIpc) is 3.00. The highest BCUT2D eigenvalue weighted by Gasteiger charge is 2.41. The van der Waals surface area contributed by atoms with E-state index in [-0.39, 0.29) is 16.6 Å². The lowest BCUT2D eigenvalue weighted by atomic mass is 9.96. The lowest BCUT2D eigenvalue weighted by Crippen LogP contribution is -2.38. The molecule has 2 bridgehead atoms. The number of sulfonamides is 1. The van der Waals surface area contributed by atoms with Crippen molar-refractivity contribution in [1.82, 2.24) is 4.72 Å². The summed E-state index contributed by atoms with van der Waals surface area (Å²) in [6, 6.07) is 3.93. The van der Waals surface area contributed by atoms with Gasteiger partial charge in [-0.3, -0.25) is 10.1 Å². The Morgan fingerprint density at radius 3 is 2.62 bits per heavy atom. The number of hydrogen-bond donors (Lipinski definition) is 1. The van der Waals surface area contributed by atoms with Crippen molar-refractivity contribution in [2.75, 3.05) is 0 Å². The first-order chi connectivity index (χ1) is 9.87. The van der Waals surface area contributed by atoms with Crippen LogP contribution in [0.4, 0.5) is 5.69 Å². The Bertz CT molecular complexity index is 686. The summed E-state index contributed by atoms with van der Waals surface area (Å²) in [7, 11) is -3.71. The molecule has 1 N–H and O–H groups in total. The van der Waals surface area contributed by atoms with Gasteiger partial charge in [0.05, 0.1) is 9.82 Å². The predicted molar refractivity (Wildman–Crippen MR) is 77.4 cm³/mol. The number of hydrogen-bond acceptors (Lipinski definition) is 4. The van der Waals surface area contributed by atoms with Gasteiger partial charge in [-0.25, -0.2) is 13.1 Å². The number of fused-ring (bicyclic) bond motifs is 2. The fourth-order valence-electron chi connectivity index (χ4n) is 3.64. The largest absolute Gasteiger partial charge is 0.270 e. The zero-order valence-electron chi connectivity index (χ0n) is 11.8. The molecule has 3 atom stereocenters. The van der Waals surface area contributed by atoms with E-state index in [0.717, 1.165) is 25.3 Å². The van der Waals surface area contributed by atoms with Crippen LogP contribution in [-0.2, 0) is 10.0 Å². The topological polar surface area (TPSA) is 89.3 Å². The van der Waals surface area contributed by atoms with E-state index < -0.39 is 14.9 Å². The number of nitrogens with one attached hydrogen (secondary N) is 1. The van der Waals surface area contributed by atoms with Crippen LogP contribution in [0.25, 0.3) is 0 Å². The average molecular weight is 310 g/mol. The maximum atomic E-state index is 12.5. The lowest BCUT2D eigenvalue weighted by Gasteiger charge is -2.23. The van der Waals surface area contributed by atoms with Crippen molar-refractivity contribution in [1.29, 1.82) is 0 Å². The van der Waals surface area contributed by atoms with Crippen molar-refractivity contribution in [2.24, 2.45) is 11.8 Å². The van der Waals surface area contributed by atoms with Gasteiger partial charge in [-0.05, 0) is 43.6 Å². The van der Waals surface area contributed by atoms with Crippen LogP contribution in [0, 0.1) is 28.9 Å². The minimum absolute atomic E-state index is 0.0134. The van der Waals surface area contributed by atoms with Gasteiger partial charge in [0, 0.05) is 18.2 Å². The SMILES string of the molecule is Cc1ccc([N+](=O)[O-])cc1S(=O)(=O)NC1CC2CCC1C2. The van der Waals surface area contributed by atoms with Crippen LogP contribution in [-0.4, -0.2) is 19.4 Å². The van der Waals surface area contributed by atoms with Gasteiger partial charge in [0.15, 0.2) is 0 Å². The Hall–Kier alpha value is -1.47. The fraction of sp³-hybridized carbons (Fsp3) is 0.571. The first-order valence-electron chi connectivity index (χ1n) is 7.14. The van der Waals surface area contributed by atoms with Gasteiger partial charge < -0.3 is 0 Å². The molecule has 0 spiro atoms. The Morgan fingerprint density at radius 2 is 2.05 bits per heavy atom. The van der Waals surface area contributed by atoms with Crippen LogP contribution in [0.15, 0.2) is 23.1 Å². The van der Waals surface area contributed by atoms with Crippen LogP contribution < -0.4 is 4.72 Å². The summed E-state index contributed by atoms with van der Waals surface area (Å²) >= 11 is 0. The summed E-state index contributed by atoms with van der Waals surface area (Å²) in [6.45, 7) is 1.65. The molecule has 3 unspecified atom stereocenters. The van der Waals surface area contributed by atoms with Gasteiger partial charge in [-0.2, -0.15) is 0 Å². The van der Waals surface area contributed by atoms with Crippen LogP contribution in [0.5, 0.6) is 0 Å². The van der Waals surface area contributed by atoms with E-state index in [4.69, 9.17) is 0 Å². The Morgan fingerprint density at radius 1 is 1.29 bits per heavy atom. The number of non-ortho nitro benzene ring substituents is 1. The quantitative estimate of drug-likeness (QED) is 0.683. The highest BCUT2D eigenvalue weighted by Crippen LogP contribution is 2.44. The van der Waals surface area contributed by atoms with E-state index in [2.05, 4.69) is 4.72 Å². The zero-order chi connectivity index (χ0) is 15.2. The van der Waals surface area contributed by atoms with Crippen molar-refractivity contribution < 1.29 is 13.3 Å². The highest BCUT2D eigenvalue weighted by molar-refractivity contribution is 7.89. The Balaban J connectivity index is 1.88. The van der Waals surface area contributed by atoms with Crippen molar-refractivity contribution in [3.05, 3.63) is 33.9 Å². The van der Waals surface area contributed by atoms with Crippen LogP contribution >= 0.6 is 0 Å². The molecule has 2 saturated carbocycles. The maximum absolute atomic E-state index is 12.5. The fourth-order valence-corrected chi connectivity index (χ4v) is 5.23. The third-order valence-corrected chi connectivity index (χ3v) is 6.35. The smallest absolute Gasteiger partial charge is 0.258 e. The van der Waals surface area contributed by atoms with Crippen LogP contribution in [0.3, 0.4) is 0 Å². The Labute approximate surface area is 123 Å². The highest BCUT2D eigenvalue weighted by atomic mass is 32.2. The molecule has 21 heavy (non-hydrogen) atoms. The molecule has 7 heteroatoms. The van der Waals surface area contributed by atoms with Crippen LogP contribution in [0.1, 0.15) is 31.2 Å². The van der Waals surface area contributed by atoms with E-state index in [1.807, 2.05) is 0 Å². The summed E-state index contributed by atoms with van der Waals surface area (Å²) in [5.41, 5.74) is 0.324. The van der Waals surface area contributed by atoms with Gasteiger partial charge in [-0.15, -0.1) is 0 Å². The zero-order valence-corrected chi connectivity index (χ0v) is 12.6. The summed E-state index contributed by atoms with van der Waals surface area (Å²) in [5.74, 6) is 1.05. The third kappa shape index (κ3) is 2.67. The van der Waals surface area contributed by atoms with E-state index >= 15 is 0 Å². The molecule has 0 amide bonds. The first kappa shape index (κ1) is 14.5. The third-order valence-electron chi connectivity index (χ3n) is 4.72. The molecule has 0 aromatic heterocycles. The molecular weight excluding hydrogens is 292 g/mol. The molecule has 2 aliphatic carbocycles. The molecule has 2 fully saturated rings. The van der Waals surface area contributed by atoms with Crippen molar-refractivity contribution in [3.63, 3.8) is 0 Å². The van der Waals surface area contributed by atoms with E-state index in [0.29, 0.717) is 17.4 Å². The minimum Gasteiger partial charge on any atom is -0.258 e. The molecule has 1 aromatic rings. The molecule has 0 radical (unpaired) electrons. The van der Waals surface area contributed by atoms with Crippen molar-refractivity contribution in [3.8, 4) is 0 Å². The molecule has 0 aliphatic heterocycles. The lowest BCUT2D eigenvalue weighted by molar-refractivity contribution is -0.385. The summed E-state index contributed by atoms with van der Waals surface area (Å²) in [6.07, 6.45) is 4.25. The standard InChI is InChI=1S/C14H18N2O4S/c1-9-2-5-12(16(17)18)8-14(9)21(19,20)15-13-7-10-3-4-11(13)6-10/h2,5,8,10-11,13,15H,3-4,6-7H2,1H3. The van der Waals surface area contributed by atoms with E-state index in [1.54, 1.807) is 6.92 Å². The molecule has 6 nitrogen and oxygen atoms in total. The molecule has 0 heterocycles. The van der Waals surface area contributed by atoms with Crippen molar-refractivity contribution >= 4 is 15.7 Å². The second-order valence-electron chi connectivity index (χ2n) is 6.11. The molecular formula is C14H18N2O4S. The molecule has 3 rings (SSSR count). The van der Waals surface area contributed by atoms with Gasteiger partial charge >= 0.3 is 0 Å². The summed E-state index contributed by atoms with van der Waals surface area (Å²) in [4.78, 5) is 10.3. The number of benzene rings is 1. The van der Waals surface area contributed by atoms with E-state index in [9.17, 15) is 18.5 Å². The number of aryl methyl sites for hydroxylation is 1. The first-order valence-corrected chi connectivity index (χ1v) is 8.62. The normalized spacial score (nSPS) is 28.0. The monoisotopic (exact) mass is 310 g/mol. The van der Waals surface area contributed by atoms with Gasteiger partial charge in [-0.1, -0.05) is 12.5 Å². The van der Waals surface area contributed by atoms with Crippen LogP contribution in [0.2, 0.25) is 0 Å². The van der Waals surface area contributed by atoms with Crippen molar-refractivity contribution in [2.45, 2.75) is 43.5 Å². The Kier molecular flexibility index (Phi) is 3.49. The second-order valence-corrected chi connectivity index (χ2v) is 7.79. The molecule has 1 aromatic carbocycles.